The zero-order valence-electron chi connectivity index (χ0n) is 22.9. The molecule has 6 rings (SSSR count). The fourth-order valence-corrected chi connectivity index (χ4v) is 5.67. The lowest BCUT2D eigenvalue weighted by Crippen LogP contribution is -2.22. The van der Waals surface area contributed by atoms with Crippen LogP contribution in [-0.2, 0) is 4.79 Å². The second-order valence-electron chi connectivity index (χ2n) is 9.81. The number of aromatic nitrogens is 1. The van der Waals surface area contributed by atoms with Gasteiger partial charge in [-0.15, -0.1) is 11.8 Å². The van der Waals surface area contributed by atoms with Gasteiger partial charge in [0.15, 0.2) is 5.58 Å². The molecule has 8 nitrogen and oxygen atoms in total. The molecular weight excluding hydrogens is 562 g/mol. The number of oxazole rings is 1. The van der Waals surface area contributed by atoms with E-state index in [0.29, 0.717) is 33.6 Å². The number of aromatic carboxylic acids is 1. The van der Waals surface area contributed by atoms with Gasteiger partial charge in [-0.2, -0.15) is 0 Å². The highest BCUT2D eigenvalue weighted by Crippen LogP contribution is 2.29. The highest BCUT2D eigenvalue weighted by atomic mass is 32.2. The van der Waals surface area contributed by atoms with Gasteiger partial charge < -0.3 is 20.2 Å². The predicted octanol–water partition coefficient (Wildman–Crippen LogP) is 7.72. The van der Waals surface area contributed by atoms with Crippen molar-refractivity contribution in [2.24, 2.45) is 0 Å². The van der Waals surface area contributed by atoms with Crippen molar-refractivity contribution in [1.29, 1.82) is 0 Å². The molecule has 0 saturated carbocycles. The summed E-state index contributed by atoms with van der Waals surface area (Å²) in [5.41, 5.74) is 3.81. The van der Waals surface area contributed by atoms with E-state index in [2.05, 4.69) is 15.6 Å². The molecule has 2 amide bonds. The van der Waals surface area contributed by atoms with Gasteiger partial charge in [0.2, 0.25) is 11.8 Å². The number of fused-ring (bicyclic) bond motifs is 2. The van der Waals surface area contributed by atoms with E-state index < -0.39 is 17.1 Å². The monoisotopic (exact) mass is 587 g/mol. The molecule has 6 aromatic rings. The van der Waals surface area contributed by atoms with Crippen LogP contribution < -0.4 is 10.6 Å². The molecule has 0 bridgehead atoms. The number of hydrogen-bond donors (Lipinski definition) is 3. The van der Waals surface area contributed by atoms with Crippen molar-refractivity contribution in [1.82, 2.24) is 4.98 Å². The van der Waals surface area contributed by atoms with Crippen LogP contribution in [0.2, 0.25) is 0 Å². The third-order valence-corrected chi connectivity index (χ3v) is 7.94. The van der Waals surface area contributed by atoms with E-state index >= 15 is 0 Å². The average Bonchev–Trinajstić information content (AvgIpc) is 3.45. The van der Waals surface area contributed by atoms with Gasteiger partial charge in [0, 0.05) is 32.8 Å². The molecule has 0 fully saturated rings. The van der Waals surface area contributed by atoms with E-state index in [0.717, 1.165) is 16.0 Å². The molecule has 0 radical (unpaired) electrons. The van der Waals surface area contributed by atoms with Gasteiger partial charge in [-0.3, -0.25) is 9.59 Å². The van der Waals surface area contributed by atoms with Crippen LogP contribution >= 0.6 is 11.8 Å². The summed E-state index contributed by atoms with van der Waals surface area (Å²) in [5, 5.41) is 16.1. The highest BCUT2D eigenvalue weighted by Gasteiger charge is 2.18. The second-order valence-corrected chi connectivity index (χ2v) is 11.2. The van der Waals surface area contributed by atoms with Gasteiger partial charge in [0.05, 0.1) is 10.8 Å². The lowest BCUT2D eigenvalue weighted by Gasteiger charge is -2.14. The number of carbonyl (C=O) groups excluding carboxylic acids is 2. The zero-order chi connectivity index (χ0) is 29.9. The minimum atomic E-state index is -1.10. The van der Waals surface area contributed by atoms with Crippen LogP contribution in [-0.4, -0.2) is 33.1 Å². The van der Waals surface area contributed by atoms with Gasteiger partial charge in [0.25, 0.3) is 5.91 Å². The molecule has 5 aromatic carbocycles. The Bertz CT molecular complexity index is 1960. The molecule has 3 N–H and O–H groups in total. The van der Waals surface area contributed by atoms with Gasteiger partial charge in [-0.25, -0.2) is 9.78 Å². The number of amides is 2. The molecule has 0 aliphatic rings. The van der Waals surface area contributed by atoms with Crippen LogP contribution in [0.1, 0.15) is 27.6 Å². The number of carboxylic acid groups (broad SMARTS) is 1. The first-order chi connectivity index (χ1) is 20.9. The van der Waals surface area contributed by atoms with Crippen molar-refractivity contribution in [2.75, 3.05) is 10.6 Å². The summed E-state index contributed by atoms with van der Waals surface area (Å²) < 4.78 is 5.82. The van der Waals surface area contributed by atoms with Gasteiger partial charge in [-0.05, 0) is 79.0 Å². The smallest absolute Gasteiger partial charge is 0.336 e. The summed E-state index contributed by atoms with van der Waals surface area (Å²) in [6.07, 6.45) is 0. The summed E-state index contributed by atoms with van der Waals surface area (Å²) in [6.45, 7) is 1.81. The second kappa shape index (κ2) is 11.8. The molecule has 0 aliphatic carbocycles. The fourth-order valence-electron chi connectivity index (χ4n) is 4.75. The molecular formula is C34H25N3O5S. The van der Waals surface area contributed by atoms with Crippen molar-refractivity contribution in [3.05, 3.63) is 120 Å². The van der Waals surface area contributed by atoms with Crippen molar-refractivity contribution in [3.63, 3.8) is 0 Å². The number of anilines is 2. The molecule has 9 heteroatoms. The number of carboxylic acids is 1. The van der Waals surface area contributed by atoms with Crippen LogP contribution in [0.3, 0.4) is 0 Å². The Morgan fingerprint density at radius 1 is 0.791 bits per heavy atom. The summed E-state index contributed by atoms with van der Waals surface area (Å²) in [4.78, 5) is 43.3. The fraction of sp³-hybridized carbons (Fsp3) is 0.0588. The van der Waals surface area contributed by atoms with Crippen molar-refractivity contribution < 1.29 is 23.9 Å². The maximum absolute atomic E-state index is 13.2. The number of para-hydroxylation sites is 2. The first-order valence-corrected chi connectivity index (χ1v) is 14.3. The van der Waals surface area contributed by atoms with Crippen LogP contribution in [0.15, 0.2) is 119 Å². The Kier molecular flexibility index (Phi) is 7.63. The molecule has 1 aromatic heterocycles. The van der Waals surface area contributed by atoms with E-state index in [4.69, 9.17) is 4.42 Å². The van der Waals surface area contributed by atoms with Gasteiger partial charge in [0.1, 0.15) is 5.52 Å². The summed E-state index contributed by atoms with van der Waals surface area (Å²) in [7, 11) is 0. The SMILES string of the molecule is CC(Sc1cccc(NC(=O)c2cccc3cccc(C(=O)O)c23)c1)C(=O)Nc1ccc(-c2nc3ccccc3o2)cc1. The lowest BCUT2D eigenvalue weighted by atomic mass is 9.98. The van der Waals surface area contributed by atoms with Crippen LogP contribution in [0.5, 0.6) is 0 Å². The average molecular weight is 588 g/mol. The standard InChI is InChI=1S/C34H25N3O5S/c1-20(31(38)35-23-17-15-22(16-18-23)33-37-28-13-2-3-14-29(28)42-33)43-25-10-6-9-24(19-25)36-32(39)26-11-4-7-21-8-5-12-27(30(21)26)34(40)41/h2-20H,1H3,(H,35,38)(H,36,39)(H,40,41). The third kappa shape index (κ3) is 5.98. The first-order valence-electron chi connectivity index (χ1n) is 13.5. The van der Waals surface area contributed by atoms with Crippen molar-refractivity contribution in [3.8, 4) is 11.5 Å². The van der Waals surface area contributed by atoms with E-state index in [9.17, 15) is 19.5 Å². The Hall–Kier alpha value is -5.41. The summed E-state index contributed by atoms with van der Waals surface area (Å²) in [5.74, 6) is -1.19. The topological polar surface area (TPSA) is 122 Å². The van der Waals surface area contributed by atoms with Gasteiger partial charge in [-0.1, -0.05) is 42.5 Å². The molecule has 1 heterocycles. The number of benzene rings is 5. The number of nitrogens with zero attached hydrogens (tertiary/aromatic N) is 1. The lowest BCUT2D eigenvalue weighted by molar-refractivity contribution is -0.115. The minimum absolute atomic E-state index is 0.0632. The molecule has 212 valence electrons. The summed E-state index contributed by atoms with van der Waals surface area (Å²) in [6, 6.07) is 32.0. The molecule has 0 aliphatic heterocycles. The van der Waals surface area contributed by atoms with Crippen molar-refractivity contribution in [2.45, 2.75) is 17.1 Å². The van der Waals surface area contributed by atoms with E-state index in [1.807, 2.05) is 49.4 Å². The Morgan fingerprint density at radius 2 is 1.51 bits per heavy atom. The zero-order valence-corrected chi connectivity index (χ0v) is 23.7. The van der Waals surface area contributed by atoms with E-state index in [1.54, 1.807) is 60.7 Å². The maximum atomic E-state index is 13.2. The molecule has 43 heavy (non-hydrogen) atoms. The Labute approximate surface area is 250 Å². The van der Waals surface area contributed by atoms with Crippen molar-refractivity contribution >= 4 is 62.8 Å². The van der Waals surface area contributed by atoms with Gasteiger partial charge >= 0.3 is 5.97 Å². The molecule has 0 saturated heterocycles. The quantitative estimate of drug-likeness (QED) is 0.156. The molecule has 0 spiro atoms. The molecule has 1 atom stereocenters. The van der Waals surface area contributed by atoms with Crippen LogP contribution in [0.25, 0.3) is 33.3 Å². The van der Waals surface area contributed by atoms with Crippen LogP contribution in [0.4, 0.5) is 11.4 Å². The van der Waals surface area contributed by atoms with E-state index in [-0.39, 0.29) is 17.0 Å². The largest absolute Gasteiger partial charge is 0.478 e. The normalized spacial score (nSPS) is 11.7. The number of nitrogens with one attached hydrogen (secondary N) is 2. The first kappa shape index (κ1) is 27.7. The number of thioether (sulfide) groups is 1. The number of hydrogen-bond acceptors (Lipinski definition) is 6. The van der Waals surface area contributed by atoms with Crippen LogP contribution in [0, 0.1) is 0 Å². The highest BCUT2D eigenvalue weighted by molar-refractivity contribution is 8.00. The number of carbonyl (C=O) groups is 3. The predicted molar refractivity (Wildman–Crippen MR) is 169 cm³/mol. The maximum Gasteiger partial charge on any atom is 0.336 e. The number of rotatable bonds is 8. The van der Waals surface area contributed by atoms with E-state index in [1.165, 1.54) is 17.8 Å². The third-order valence-electron chi connectivity index (χ3n) is 6.85. The Morgan fingerprint density at radius 3 is 2.26 bits per heavy atom. The summed E-state index contributed by atoms with van der Waals surface area (Å²) >= 11 is 1.35. The minimum Gasteiger partial charge on any atom is -0.478 e. The molecule has 1 unspecified atom stereocenters. The Balaban J connectivity index is 1.11.